The van der Waals surface area contributed by atoms with Crippen molar-refractivity contribution >= 4 is 5.91 Å². The number of aliphatic hydroxyl groups is 1. The number of hydrogen-bond donors (Lipinski definition) is 1. The Morgan fingerprint density at radius 2 is 2.00 bits per heavy atom. The zero-order valence-corrected chi connectivity index (χ0v) is 17.3. The monoisotopic (exact) mass is 404 g/mol. The van der Waals surface area contributed by atoms with Crippen molar-refractivity contribution in [2.75, 3.05) is 39.4 Å². The molecule has 4 heterocycles. The first-order valence-electron chi connectivity index (χ1n) is 10.8. The minimum atomic E-state index is -0.302. The highest BCUT2D eigenvalue weighted by molar-refractivity contribution is 5.76. The maximum absolute atomic E-state index is 12.7. The van der Waals surface area contributed by atoms with E-state index in [2.05, 4.69) is 10.00 Å². The van der Waals surface area contributed by atoms with E-state index in [-0.39, 0.29) is 29.5 Å². The van der Waals surface area contributed by atoms with Gasteiger partial charge in [-0.2, -0.15) is 5.10 Å². The van der Waals surface area contributed by atoms with Crippen molar-refractivity contribution in [2.24, 2.45) is 5.41 Å². The highest BCUT2D eigenvalue weighted by Gasteiger charge is 2.43. The Balaban J connectivity index is 1.36. The Bertz CT molecular complexity index is 781. The van der Waals surface area contributed by atoms with Gasteiger partial charge in [0.1, 0.15) is 6.54 Å². The van der Waals surface area contributed by atoms with Crippen LogP contribution in [0.3, 0.4) is 0 Å². The SMILES string of the molecule is Cc1ccc(=O)n(CC(=O)N2CCC3(CC2)CC(O)CN(C2CCOCC2)C3)n1. The maximum Gasteiger partial charge on any atom is 0.267 e. The number of aromatic nitrogens is 2. The van der Waals surface area contributed by atoms with Crippen LogP contribution in [0.5, 0.6) is 0 Å². The molecule has 1 amide bonds. The van der Waals surface area contributed by atoms with Crippen molar-refractivity contribution in [2.45, 2.75) is 57.7 Å². The lowest BCUT2D eigenvalue weighted by Gasteiger charge is -2.51. The molecule has 0 radical (unpaired) electrons. The van der Waals surface area contributed by atoms with Crippen LogP contribution in [0.1, 0.15) is 37.8 Å². The van der Waals surface area contributed by atoms with E-state index in [1.807, 2.05) is 11.8 Å². The first-order chi connectivity index (χ1) is 13.9. The lowest BCUT2D eigenvalue weighted by molar-refractivity contribution is -0.136. The van der Waals surface area contributed by atoms with E-state index in [1.165, 1.54) is 10.7 Å². The van der Waals surface area contributed by atoms with Gasteiger partial charge < -0.3 is 14.7 Å². The molecule has 1 N–H and O–H groups in total. The number of hydrogen-bond acceptors (Lipinski definition) is 6. The molecule has 8 heteroatoms. The number of ether oxygens (including phenoxy) is 1. The molecule has 4 rings (SSSR count). The number of likely N-dealkylation sites (tertiary alicyclic amines) is 2. The third-order valence-corrected chi connectivity index (χ3v) is 6.82. The molecule has 3 fully saturated rings. The van der Waals surface area contributed by atoms with Crippen molar-refractivity contribution in [3.63, 3.8) is 0 Å². The quantitative estimate of drug-likeness (QED) is 0.785. The summed E-state index contributed by atoms with van der Waals surface area (Å²) in [6.45, 7) is 6.50. The molecule has 1 atom stereocenters. The van der Waals surface area contributed by atoms with Gasteiger partial charge in [-0.3, -0.25) is 14.5 Å². The fourth-order valence-corrected chi connectivity index (χ4v) is 5.21. The van der Waals surface area contributed by atoms with Crippen LogP contribution in [0.2, 0.25) is 0 Å². The van der Waals surface area contributed by atoms with Crippen LogP contribution in [0.4, 0.5) is 0 Å². The van der Waals surface area contributed by atoms with Gasteiger partial charge in [0, 0.05) is 51.5 Å². The summed E-state index contributed by atoms with van der Waals surface area (Å²) in [7, 11) is 0. The van der Waals surface area contributed by atoms with E-state index in [1.54, 1.807) is 6.07 Å². The minimum Gasteiger partial charge on any atom is -0.392 e. The molecule has 3 aliphatic heterocycles. The van der Waals surface area contributed by atoms with Crippen molar-refractivity contribution in [3.8, 4) is 0 Å². The molecule has 3 aliphatic rings. The zero-order valence-electron chi connectivity index (χ0n) is 17.3. The fourth-order valence-electron chi connectivity index (χ4n) is 5.21. The summed E-state index contributed by atoms with van der Waals surface area (Å²) < 4.78 is 6.75. The Morgan fingerprint density at radius 1 is 1.28 bits per heavy atom. The van der Waals surface area contributed by atoms with Crippen molar-refractivity contribution in [3.05, 3.63) is 28.2 Å². The molecule has 1 unspecified atom stereocenters. The van der Waals surface area contributed by atoms with Gasteiger partial charge in [0.2, 0.25) is 5.91 Å². The van der Waals surface area contributed by atoms with Gasteiger partial charge in [0.25, 0.3) is 5.56 Å². The Morgan fingerprint density at radius 3 is 2.72 bits per heavy atom. The first-order valence-corrected chi connectivity index (χ1v) is 10.8. The lowest BCUT2D eigenvalue weighted by atomic mass is 9.71. The summed E-state index contributed by atoms with van der Waals surface area (Å²) in [5, 5.41) is 14.7. The fraction of sp³-hybridized carbons (Fsp3) is 0.762. The Labute approximate surface area is 171 Å². The highest BCUT2D eigenvalue weighted by Crippen LogP contribution is 2.41. The number of amides is 1. The summed E-state index contributed by atoms with van der Waals surface area (Å²) >= 11 is 0. The molecule has 0 aromatic carbocycles. The molecule has 160 valence electrons. The minimum absolute atomic E-state index is 0.00959. The standard InChI is InChI=1S/C21H32N4O4/c1-16-2-3-19(27)25(22-16)14-20(28)23-8-6-21(7-9-23)12-18(26)13-24(15-21)17-4-10-29-11-5-17/h2-3,17-18,26H,4-15H2,1H3. The lowest BCUT2D eigenvalue weighted by Crippen LogP contribution is -2.57. The second kappa shape index (κ2) is 8.53. The zero-order chi connectivity index (χ0) is 20.4. The molecular weight excluding hydrogens is 372 g/mol. The second-order valence-electron chi connectivity index (χ2n) is 8.98. The van der Waals surface area contributed by atoms with E-state index in [9.17, 15) is 14.7 Å². The Hall–Kier alpha value is -1.77. The molecule has 29 heavy (non-hydrogen) atoms. The number of aliphatic hydroxyl groups excluding tert-OH is 1. The number of rotatable bonds is 3. The smallest absolute Gasteiger partial charge is 0.267 e. The second-order valence-corrected chi connectivity index (χ2v) is 8.98. The summed E-state index contributed by atoms with van der Waals surface area (Å²) in [6, 6.07) is 3.61. The molecule has 0 bridgehead atoms. The average molecular weight is 405 g/mol. The van der Waals surface area contributed by atoms with Crippen LogP contribution in [-0.4, -0.2) is 82.1 Å². The molecule has 3 saturated heterocycles. The van der Waals surface area contributed by atoms with Crippen molar-refractivity contribution in [1.29, 1.82) is 0 Å². The van der Waals surface area contributed by atoms with Gasteiger partial charge in [-0.1, -0.05) is 0 Å². The van der Waals surface area contributed by atoms with Crippen LogP contribution < -0.4 is 5.56 Å². The predicted octanol–water partition coefficient (Wildman–Crippen LogP) is 0.406. The van der Waals surface area contributed by atoms with Gasteiger partial charge in [-0.25, -0.2) is 4.68 Å². The third-order valence-electron chi connectivity index (χ3n) is 6.82. The van der Waals surface area contributed by atoms with Gasteiger partial charge in [-0.15, -0.1) is 0 Å². The number of carbonyl (C=O) groups is 1. The molecule has 0 saturated carbocycles. The van der Waals surface area contributed by atoms with Gasteiger partial charge in [0.15, 0.2) is 0 Å². The predicted molar refractivity (Wildman–Crippen MR) is 108 cm³/mol. The van der Waals surface area contributed by atoms with Gasteiger partial charge in [-0.05, 0) is 50.5 Å². The van der Waals surface area contributed by atoms with Gasteiger partial charge >= 0.3 is 0 Å². The van der Waals surface area contributed by atoms with E-state index < -0.39 is 0 Å². The molecular formula is C21H32N4O4. The number of nitrogens with zero attached hydrogens (tertiary/aromatic N) is 4. The van der Waals surface area contributed by atoms with Crippen LogP contribution in [0.15, 0.2) is 16.9 Å². The topological polar surface area (TPSA) is 87.9 Å². The highest BCUT2D eigenvalue weighted by atomic mass is 16.5. The van der Waals surface area contributed by atoms with E-state index in [0.717, 1.165) is 64.1 Å². The molecule has 1 spiro atoms. The number of piperidine rings is 2. The first kappa shape index (κ1) is 20.5. The molecule has 0 aliphatic carbocycles. The average Bonchev–Trinajstić information content (AvgIpc) is 2.71. The van der Waals surface area contributed by atoms with E-state index in [4.69, 9.17) is 4.74 Å². The number of aryl methyl sites for hydroxylation is 1. The Kier molecular flexibility index (Phi) is 6.03. The number of β-amino-alcohol motifs (C(OH)–C–C–N with tert-alkyl or cyclic N) is 1. The summed E-state index contributed by atoms with van der Waals surface area (Å²) in [5.41, 5.74) is 0.546. The largest absolute Gasteiger partial charge is 0.392 e. The molecule has 8 nitrogen and oxygen atoms in total. The number of carbonyl (C=O) groups excluding carboxylic acids is 1. The van der Waals surface area contributed by atoms with Crippen LogP contribution in [0.25, 0.3) is 0 Å². The maximum atomic E-state index is 12.7. The van der Waals surface area contributed by atoms with Crippen molar-refractivity contribution in [1.82, 2.24) is 19.6 Å². The summed E-state index contributed by atoms with van der Waals surface area (Å²) in [4.78, 5) is 29.0. The van der Waals surface area contributed by atoms with Crippen LogP contribution >= 0.6 is 0 Å². The molecule has 1 aromatic rings. The van der Waals surface area contributed by atoms with Crippen LogP contribution in [0, 0.1) is 12.3 Å². The third kappa shape index (κ3) is 4.70. The summed E-state index contributed by atoms with van der Waals surface area (Å²) in [5.74, 6) is -0.0577. The molecule has 1 aromatic heterocycles. The van der Waals surface area contributed by atoms with E-state index >= 15 is 0 Å². The van der Waals surface area contributed by atoms with Gasteiger partial charge in [0.05, 0.1) is 11.8 Å². The van der Waals surface area contributed by atoms with Crippen LogP contribution in [-0.2, 0) is 16.1 Å². The normalized spacial score (nSPS) is 26.0. The van der Waals surface area contributed by atoms with Crippen molar-refractivity contribution < 1.29 is 14.6 Å². The summed E-state index contributed by atoms with van der Waals surface area (Å²) in [6.07, 6.45) is 4.37. The van der Waals surface area contributed by atoms with E-state index in [0.29, 0.717) is 19.1 Å².